The topological polar surface area (TPSA) is 49.7 Å². The monoisotopic (exact) mass is 428 g/mol. The predicted octanol–water partition coefficient (Wildman–Crippen LogP) is 7.38. The van der Waals surface area contributed by atoms with Crippen molar-refractivity contribution in [3.8, 4) is 0 Å². The van der Waals surface area contributed by atoms with E-state index in [0.717, 1.165) is 6.42 Å². The first-order chi connectivity index (χ1) is 13.6. The van der Waals surface area contributed by atoms with Crippen molar-refractivity contribution in [2.45, 2.75) is 142 Å². The van der Waals surface area contributed by atoms with Crippen LogP contribution in [0.25, 0.3) is 0 Å². The zero-order chi connectivity index (χ0) is 22.2. The average Bonchev–Trinajstić information content (AvgIpc) is 2.63. The van der Waals surface area contributed by atoms with E-state index in [1.54, 1.807) is 0 Å². The molecule has 4 heteroatoms. The standard InChI is InChI=1S/C25H52O3Si/c1-7-8-9-10-11-12-13-14-15-16-17-18-19-20-23(26)21-24(27)22-28-29(5,6)25(2,3)4/h18-19,23-24,26-27H,7-17,20-22H2,1-6H3/b19-18+/t23-,24+/m1/s1. The molecule has 0 bridgehead atoms. The lowest BCUT2D eigenvalue weighted by atomic mass is 10.1. The van der Waals surface area contributed by atoms with Crippen LogP contribution in [0.15, 0.2) is 12.2 Å². The number of hydrogen-bond donors (Lipinski definition) is 2. The van der Waals surface area contributed by atoms with Crippen molar-refractivity contribution in [3.05, 3.63) is 12.2 Å². The van der Waals surface area contributed by atoms with E-state index in [-0.39, 0.29) is 5.04 Å². The number of allylic oxidation sites excluding steroid dienone is 1. The molecule has 0 aromatic heterocycles. The van der Waals surface area contributed by atoms with Gasteiger partial charge in [0.25, 0.3) is 0 Å². The van der Waals surface area contributed by atoms with Crippen LogP contribution in [-0.2, 0) is 4.43 Å². The normalized spacial score (nSPS) is 15.2. The maximum Gasteiger partial charge on any atom is 0.192 e. The fraction of sp³-hybridized carbons (Fsp3) is 0.920. The first kappa shape index (κ1) is 28.8. The average molecular weight is 429 g/mol. The van der Waals surface area contributed by atoms with Crippen molar-refractivity contribution in [2.75, 3.05) is 6.61 Å². The summed E-state index contributed by atoms with van der Waals surface area (Å²) in [6, 6.07) is 0. The summed E-state index contributed by atoms with van der Waals surface area (Å²) < 4.78 is 6.04. The van der Waals surface area contributed by atoms with Crippen LogP contribution in [0.2, 0.25) is 18.1 Å². The molecule has 0 saturated carbocycles. The minimum absolute atomic E-state index is 0.142. The van der Waals surface area contributed by atoms with Crippen LogP contribution in [-0.4, -0.2) is 37.3 Å². The van der Waals surface area contributed by atoms with E-state index in [1.807, 2.05) is 0 Å². The lowest BCUT2D eigenvalue weighted by Crippen LogP contribution is -2.43. The molecule has 0 aliphatic rings. The largest absolute Gasteiger partial charge is 0.414 e. The van der Waals surface area contributed by atoms with Crippen LogP contribution in [0.5, 0.6) is 0 Å². The van der Waals surface area contributed by atoms with Gasteiger partial charge in [-0.15, -0.1) is 0 Å². The molecule has 3 nitrogen and oxygen atoms in total. The first-order valence-electron chi connectivity index (χ1n) is 12.2. The van der Waals surface area contributed by atoms with Gasteiger partial charge in [0.15, 0.2) is 8.32 Å². The fourth-order valence-electron chi connectivity index (χ4n) is 3.12. The molecule has 29 heavy (non-hydrogen) atoms. The summed E-state index contributed by atoms with van der Waals surface area (Å²) in [7, 11) is -1.84. The summed E-state index contributed by atoms with van der Waals surface area (Å²) in [5.41, 5.74) is 0. The molecular weight excluding hydrogens is 376 g/mol. The highest BCUT2D eigenvalue weighted by molar-refractivity contribution is 6.74. The van der Waals surface area contributed by atoms with Crippen LogP contribution in [0.4, 0.5) is 0 Å². The van der Waals surface area contributed by atoms with E-state index >= 15 is 0 Å². The molecular formula is C25H52O3Si. The van der Waals surface area contributed by atoms with Gasteiger partial charge in [-0.3, -0.25) is 0 Å². The Kier molecular flexibility index (Phi) is 16.4. The Morgan fingerprint density at radius 2 is 1.31 bits per heavy atom. The molecule has 0 fully saturated rings. The van der Waals surface area contributed by atoms with Crippen molar-refractivity contribution in [1.29, 1.82) is 0 Å². The van der Waals surface area contributed by atoms with Crippen molar-refractivity contribution >= 4 is 8.32 Å². The maximum atomic E-state index is 10.2. The van der Waals surface area contributed by atoms with Crippen molar-refractivity contribution in [3.63, 3.8) is 0 Å². The highest BCUT2D eigenvalue weighted by Gasteiger charge is 2.37. The summed E-state index contributed by atoms with van der Waals surface area (Å²) in [5, 5.41) is 20.4. The van der Waals surface area contributed by atoms with E-state index in [9.17, 15) is 10.2 Å². The second-order valence-electron chi connectivity index (χ2n) is 10.3. The van der Waals surface area contributed by atoms with Crippen molar-refractivity contribution in [2.24, 2.45) is 0 Å². The molecule has 0 saturated heterocycles. The summed E-state index contributed by atoms with van der Waals surface area (Å²) in [6.45, 7) is 13.6. The van der Waals surface area contributed by atoms with E-state index < -0.39 is 20.5 Å². The molecule has 0 unspecified atom stereocenters. The Hall–Kier alpha value is -0.163. The zero-order valence-corrected chi connectivity index (χ0v) is 21.5. The molecule has 0 aromatic carbocycles. The number of aliphatic hydroxyl groups is 2. The quantitative estimate of drug-likeness (QED) is 0.136. The van der Waals surface area contributed by atoms with Gasteiger partial charge in [-0.1, -0.05) is 97.6 Å². The number of rotatable bonds is 18. The molecule has 2 N–H and O–H groups in total. The van der Waals surface area contributed by atoms with Crippen LogP contribution in [0.3, 0.4) is 0 Å². The van der Waals surface area contributed by atoms with Gasteiger partial charge >= 0.3 is 0 Å². The van der Waals surface area contributed by atoms with Crippen LogP contribution in [0.1, 0.15) is 111 Å². The van der Waals surface area contributed by atoms with Gasteiger partial charge in [-0.2, -0.15) is 0 Å². The predicted molar refractivity (Wildman–Crippen MR) is 130 cm³/mol. The third-order valence-electron chi connectivity index (χ3n) is 6.29. The molecule has 0 radical (unpaired) electrons. The molecule has 2 atom stereocenters. The second kappa shape index (κ2) is 16.5. The van der Waals surface area contributed by atoms with E-state index in [2.05, 4.69) is 52.9 Å². The first-order valence-corrected chi connectivity index (χ1v) is 15.2. The van der Waals surface area contributed by atoms with Gasteiger partial charge in [0, 0.05) is 6.42 Å². The summed E-state index contributed by atoms with van der Waals surface area (Å²) in [5.74, 6) is 0. The van der Waals surface area contributed by atoms with E-state index in [4.69, 9.17) is 4.43 Å². The smallest absolute Gasteiger partial charge is 0.192 e. The Morgan fingerprint density at radius 1 is 0.793 bits per heavy atom. The fourth-order valence-corrected chi connectivity index (χ4v) is 4.16. The SMILES string of the molecule is CCCCCCCCCCCC/C=C/C[C@@H](O)C[C@H](O)CO[Si](C)(C)C(C)(C)C. The van der Waals surface area contributed by atoms with Gasteiger partial charge in [-0.25, -0.2) is 0 Å². The summed E-state index contributed by atoms with van der Waals surface area (Å²) >= 11 is 0. The minimum Gasteiger partial charge on any atom is -0.414 e. The molecule has 0 heterocycles. The summed E-state index contributed by atoms with van der Waals surface area (Å²) in [6.07, 6.45) is 18.9. The van der Waals surface area contributed by atoms with Crippen molar-refractivity contribution in [1.82, 2.24) is 0 Å². The Morgan fingerprint density at radius 3 is 1.83 bits per heavy atom. The lowest BCUT2D eigenvalue weighted by Gasteiger charge is -2.36. The molecule has 0 aliphatic carbocycles. The molecule has 0 spiro atoms. The second-order valence-corrected chi connectivity index (χ2v) is 15.1. The molecule has 0 aromatic rings. The summed E-state index contributed by atoms with van der Waals surface area (Å²) in [4.78, 5) is 0. The van der Waals surface area contributed by atoms with Crippen LogP contribution < -0.4 is 0 Å². The van der Waals surface area contributed by atoms with Gasteiger partial charge < -0.3 is 14.6 Å². The van der Waals surface area contributed by atoms with Crippen LogP contribution in [0, 0.1) is 0 Å². The number of aliphatic hydroxyl groups excluding tert-OH is 2. The maximum absolute atomic E-state index is 10.2. The van der Waals surface area contributed by atoms with Crippen molar-refractivity contribution < 1.29 is 14.6 Å². The Bertz CT molecular complexity index is 401. The Balaban J connectivity index is 3.65. The Labute approximate surface area is 183 Å². The zero-order valence-electron chi connectivity index (χ0n) is 20.5. The highest BCUT2D eigenvalue weighted by atomic mass is 28.4. The number of unbranched alkanes of at least 4 members (excludes halogenated alkanes) is 10. The molecule has 0 amide bonds. The molecule has 174 valence electrons. The van der Waals surface area contributed by atoms with E-state index in [1.165, 1.54) is 64.2 Å². The van der Waals surface area contributed by atoms with Gasteiger partial charge in [0.1, 0.15) is 0 Å². The van der Waals surface area contributed by atoms with Crippen LogP contribution >= 0.6 is 0 Å². The molecule has 0 rings (SSSR count). The minimum atomic E-state index is -1.84. The molecule has 0 aliphatic heterocycles. The van der Waals surface area contributed by atoms with Gasteiger partial charge in [0.2, 0.25) is 0 Å². The van der Waals surface area contributed by atoms with Gasteiger partial charge in [0.05, 0.1) is 18.8 Å². The third-order valence-corrected chi connectivity index (χ3v) is 10.8. The highest BCUT2D eigenvalue weighted by Crippen LogP contribution is 2.36. The van der Waals surface area contributed by atoms with E-state index in [0.29, 0.717) is 19.4 Å². The lowest BCUT2D eigenvalue weighted by molar-refractivity contribution is 0.0462. The third kappa shape index (κ3) is 16.2. The van der Waals surface area contributed by atoms with Gasteiger partial charge in [-0.05, 0) is 37.4 Å². The number of hydrogen-bond acceptors (Lipinski definition) is 3.